The van der Waals surface area contributed by atoms with E-state index in [0.717, 1.165) is 0 Å². The van der Waals surface area contributed by atoms with Crippen LogP contribution in [0.5, 0.6) is 0 Å². The lowest BCUT2D eigenvalue weighted by Crippen LogP contribution is -2.27. The lowest BCUT2D eigenvalue weighted by molar-refractivity contribution is -0.384. The van der Waals surface area contributed by atoms with Crippen LogP contribution in [0, 0.1) is 28.4 Å². The van der Waals surface area contributed by atoms with Gasteiger partial charge in [0.05, 0.1) is 18.1 Å². The van der Waals surface area contributed by atoms with Gasteiger partial charge in [0.1, 0.15) is 11.6 Å². The zero-order valence-electron chi connectivity index (χ0n) is 12.8. The standard InChI is InChI=1S/C16H15N3O4/c1-11-6-13(10-23-2)15(8-17)16(20)18(11)9-12-4-3-5-14(7-12)19(21)22/h3-7H,9-10H2,1-2H3. The van der Waals surface area contributed by atoms with Crippen LogP contribution in [-0.4, -0.2) is 16.6 Å². The molecule has 0 aliphatic rings. The minimum absolute atomic E-state index is 0.0304. The SMILES string of the molecule is COCc1cc(C)n(Cc2cccc([N+](=O)[O-])c2)c(=O)c1C#N. The summed E-state index contributed by atoms with van der Waals surface area (Å²) in [5, 5.41) is 20.1. The highest BCUT2D eigenvalue weighted by Gasteiger charge is 2.14. The van der Waals surface area contributed by atoms with Crippen LogP contribution in [0.2, 0.25) is 0 Å². The maximum absolute atomic E-state index is 12.5. The number of benzene rings is 1. The van der Waals surface area contributed by atoms with Gasteiger partial charge in [-0.25, -0.2) is 0 Å². The summed E-state index contributed by atoms with van der Waals surface area (Å²) in [6.07, 6.45) is 0. The molecule has 0 atom stereocenters. The number of nitro groups is 1. The van der Waals surface area contributed by atoms with Gasteiger partial charge in [-0.15, -0.1) is 0 Å². The molecule has 1 aromatic carbocycles. The summed E-state index contributed by atoms with van der Waals surface area (Å²) in [6, 6.07) is 9.71. The second kappa shape index (κ2) is 6.85. The predicted molar refractivity (Wildman–Crippen MR) is 83.1 cm³/mol. The molecule has 0 aliphatic heterocycles. The van der Waals surface area contributed by atoms with Crippen LogP contribution < -0.4 is 5.56 Å². The molecule has 0 bridgehead atoms. The summed E-state index contributed by atoms with van der Waals surface area (Å²) < 4.78 is 6.43. The second-order valence-corrected chi connectivity index (χ2v) is 5.05. The molecule has 1 aromatic heterocycles. The van der Waals surface area contributed by atoms with Crippen molar-refractivity contribution in [1.29, 1.82) is 5.26 Å². The van der Waals surface area contributed by atoms with Crippen molar-refractivity contribution >= 4 is 5.69 Å². The number of aromatic nitrogens is 1. The lowest BCUT2D eigenvalue weighted by Gasteiger charge is -2.13. The Morgan fingerprint density at radius 3 is 2.74 bits per heavy atom. The molecule has 0 spiro atoms. The largest absolute Gasteiger partial charge is 0.380 e. The molecule has 0 radical (unpaired) electrons. The number of non-ortho nitro benzene ring substituents is 1. The number of rotatable bonds is 5. The van der Waals surface area contributed by atoms with Crippen molar-refractivity contribution in [3.05, 3.63) is 73.2 Å². The summed E-state index contributed by atoms with van der Waals surface area (Å²) in [7, 11) is 1.49. The smallest absolute Gasteiger partial charge is 0.269 e. The Kier molecular flexibility index (Phi) is 4.88. The molecule has 2 rings (SSSR count). The van der Waals surface area contributed by atoms with Crippen LogP contribution in [0.25, 0.3) is 0 Å². The number of hydrogen-bond acceptors (Lipinski definition) is 5. The predicted octanol–water partition coefficient (Wildman–Crippen LogP) is 2.13. The van der Waals surface area contributed by atoms with Gasteiger partial charge in [0.25, 0.3) is 11.2 Å². The van der Waals surface area contributed by atoms with E-state index in [0.29, 0.717) is 16.8 Å². The zero-order chi connectivity index (χ0) is 17.0. The fraction of sp³-hybridized carbons (Fsp3) is 0.250. The number of ether oxygens (including phenoxy) is 1. The first-order valence-electron chi connectivity index (χ1n) is 6.83. The topological polar surface area (TPSA) is 98.2 Å². The molecule has 7 heteroatoms. The fourth-order valence-electron chi connectivity index (χ4n) is 2.37. The summed E-state index contributed by atoms with van der Waals surface area (Å²) in [5.41, 5.74) is 1.38. The molecule has 0 fully saturated rings. The van der Waals surface area contributed by atoms with Gasteiger partial charge in [0.2, 0.25) is 0 Å². The second-order valence-electron chi connectivity index (χ2n) is 5.05. The summed E-state index contributed by atoms with van der Waals surface area (Å²) in [4.78, 5) is 22.8. The number of nitriles is 1. The van der Waals surface area contributed by atoms with E-state index in [4.69, 9.17) is 4.74 Å². The molecule has 7 nitrogen and oxygen atoms in total. The molecule has 0 saturated heterocycles. The third-order valence-electron chi connectivity index (χ3n) is 3.46. The van der Waals surface area contributed by atoms with Gasteiger partial charge in [-0.05, 0) is 18.6 Å². The average Bonchev–Trinajstić information content (AvgIpc) is 2.52. The molecule has 2 aromatic rings. The van der Waals surface area contributed by atoms with Crippen molar-refractivity contribution in [2.75, 3.05) is 7.11 Å². The van der Waals surface area contributed by atoms with Crippen LogP contribution in [0.1, 0.15) is 22.4 Å². The van der Waals surface area contributed by atoms with E-state index in [-0.39, 0.29) is 24.4 Å². The van der Waals surface area contributed by atoms with Crippen molar-refractivity contribution in [2.24, 2.45) is 0 Å². The normalized spacial score (nSPS) is 10.3. The number of nitrogens with zero attached hydrogens (tertiary/aromatic N) is 3. The number of methoxy groups -OCH3 is 1. The van der Waals surface area contributed by atoms with Crippen LogP contribution in [0.3, 0.4) is 0 Å². The first kappa shape index (κ1) is 16.4. The Labute approximate surface area is 132 Å². The van der Waals surface area contributed by atoms with Gasteiger partial charge in [0, 0.05) is 30.5 Å². The van der Waals surface area contributed by atoms with Gasteiger partial charge in [-0.3, -0.25) is 14.9 Å². The number of pyridine rings is 1. The maximum atomic E-state index is 12.5. The van der Waals surface area contributed by atoms with E-state index >= 15 is 0 Å². The highest BCUT2D eigenvalue weighted by molar-refractivity contribution is 5.38. The Morgan fingerprint density at radius 1 is 1.39 bits per heavy atom. The van der Waals surface area contributed by atoms with E-state index in [2.05, 4.69) is 0 Å². The van der Waals surface area contributed by atoms with Gasteiger partial charge < -0.3 is 9.30 Å². The third-order valence-corrected chi connectivity index (χ3v) is 3.46. The lowest BCUT2D eigenvalue weighted by atomic mass is 10.1. The maximum Gasteiger partial charge on any atom is 0.269 e. The zero-order valence-corrected chi connectivity index (χ0v) is 12.8. The van der Waals surface area contributed by atoms with E-state index in [1.54, 1.807) is 25.1 Å². The van der Waals surface area contributed by atoms with Crippen molar-refractivity contribution in [3.8, 4) is 6.07 Å². The Morgan fingerprint density at radius 2 is 2.13 bits per heavy atom. The Balaban J connectivity index is 2.49. The van der Waals surface area contributed by atoms with Gasteiger partial charge >= 0.3 is 0 Å². The average molecular weight is 313 g/mol. The molecular formula is C16H15N3O4. The number of hydrogen-bond donors (Lipinski definition) is 0. The van der Waals surface area contributed by atoms with Crippen LogP contribution in [-0.2, 0) is 17.9 Å². The first-order chi connectivity index (χ1) is 11.0. The number of nitro benzene ring substituents is 1. The Hall–Kier alpha value is -2.98. The monoisotopic (exact) mass is 313 g/mol. The van der Waals surface area contributed by atoms with E-state index in [1.807, 2.05) is 6.07 Å². The summed E-state index contributed by atoms with van der Waals surface area (Å²) >= 11 is 0. The van der Waals surface area contributed by atoms with E-state index in [1.165, 1.54) is 23.8 Å². The highest BCUT2D eigenvalue weighted by atomic mass is 16.6. The minimum Gasteiger partial charge on any atom is -0.380 e. The molecule has 0 saturated carbocycles. The van der Waals surface area contributed by atoms with Crippen LogP contribution in [0.4, 0.5) is 5.69 Å². The van der Waals surface area contributed by atoms with Crippen LogP contribution in [0.15, 0.2) is 35.1 Å². The molecule has 0 amide bonds. The minimum atomic E-state index is -0.485. The molecule has 118 valence electrons. The van der Waals surface area contributed by atoms with E-state index in [9.17, 15) is 20.2 Å². The molecule has 1 heterocycles. The molecule has 23 heavy (non-hydrogen) atoms. The van der Waals surface area contributed by atoms with Crippen molar-refractivity contribution < 1.29 is 9.66 Å². The fourth-order valence-corrected chi connectivity index (χ4v) is 2.37. The molecular weight excluding hydrogens is 298 g/mol. The summed E-state index contributed by atoms with van der Waals surface area (Å²) in [5.74, 6) is 0. The Bertz CT molecular complexity index is 849. The van der Waals surface area contributed by atoms with Gasteiger partial charge in [-0.1, -0.05) is 12.1 Å². The molecule has 0 unspecified atom stereocenters. The molecule has 0 aliphatic carbocycles. The van der Waals surface area contributed by atoms with Crippen molar-refractivity contribution in [1.82, 2.24) is 4.57 Å². The highest BCUT2D eigenvalue weighted by Crippen LogP contribution is 2.15. The van der Waals surface area contributed by atoms with Gasteiger partial charge in [-0.2, -0.15) is 5.26 Å². The van der Waals surface area contributed by atoms with Crippen molar-refractivity contribution in [3.63, 3.8) is 0 Å². The first-order valence-corrected chi connectivity index (χ1v) is 6.83. The number of aryl methyl sites for hydroxylation is 1. The van der Waals surface area contributed by atoms with Gasteiger partial charge in [0.15, 0.2) is 0 Å². The molecule has 0 N–H and O–H groups in total. The quantitative estimate of drug-likeness (QED) is 0.622. The van der Waals surface area contributed by atoms with Crippen LogP contribution >= 0.6 is 0 Å². The van der Waals surface area contributed by atoms with E-state index < -0.39 is 10.5 Å². The summed E-state index contributed by atoms with van der Waals surface area (Å²) in [6.45, 7) is 2.09. The third kappa shape index (κ3) is 3.44. The van der Waals surface area contributed by atoms with Crippen molar-refractivity contribution in [2.45, 2.75) is 20.1 Å².